The van der Waals surface area contributed by atoms with E-state index in [1.54, 1.807) is 12.1 Å². The van der Waals surface area contributed by atoms with Crippen LogP contribution in [0.1, 0.15) is 11.1 Å². The highest BCUT2D eigenvalue weighted by Crippen LogP contribution is 2.39. The molecule has 1 heterocycles. The van der Waals surface area contributed by atoms with E-state index in [1.165, 1.54) is 27.4 Å². The maximum absolute atomic E-state index is 13.0. The first-order valence-electron chi connectivity index (χ1n) is 9.70. The van der Waals surface area contributed by atoms with Gasteiger partial charge in [0.05, 0.1) is 42.0 Å². The molecule has 35 heavy (non-hydrogen) atoms. The van der Waals surface area contributed by atoms with E-state index >= 15 is 0 Å². The van der Waals surface area contributed by atoms with Crippen LogP contribution in [0, 0.1) is 0 Å². The molecule has 0 radical (unpaired) electrons. The largest absolute Gasteiger partial charge is 0.495 e. The first kappa shape index (κ1) is 26.4. The van der Waals surface area contributed by atoms with Crippen molar-refractivity contribution in [2.24, 2.45) is 0 Å². The van der Waals surface area contributed by atoms with Crippen LogP contribution in [0.3, 0.4) is 0 Å². The number of carbonyl (C=O) groups is 3. The fourth-order valence-electron chi connectivity index (χ4n) is 3.12. The summed E-state index contributed by atoms with van der Waals surface area (Å²) in [6.07, 6.45) is -3.19. The fraction of sp³-hybridized carbons (Fsp3) is 0.227. The van der Waals surface area contributed by atoms with Gasteiger partial charge < -0.3 is 19.5 Å². The Morgan fingerprint density at radius 3 is 2.37 bits per heavy atom. The summed E-state index contributed by atoms with van der Waals surface area (Å²) in [4.78, 5) is 38.4. The molecular weight excluding hydrogens is 557 g/mol. The average Bonchev–Trinajstić information content (AvgIpc) is 3.05. The zero-order chi connectivity index (χ0) is 25.9. The number of thioether (sulfide) groups is 1. The lowest BCUT2D eigenvalue weighted by molar-refractivity contribution is -0.137. The van der Waals surface area contributed by atoms with Crippen molar-refractivity contribution >= 4 is 56.5 Å². The van der Waals surface area contributed by atoms with Crippen LogP contribution in [0.4, 0.5) is 23.7 Å². The molecule has 1 N–H and O–H groups in total. The van der Waals surface area contributed by atoms with Crippen molar-refractivity contribution in [3.05, 3.63) is 50.8 Å². The van der Waals surface area contributed by atoms with Gasteiger partial charge in [0.2, 0.25) is 5.91 Å². The number of carbonyl (C=O) groups excluding carboxylic acids is 3. The quantitative estimate of drug-likeness (QED) is 0.456. The summed E-state index contributed by atoms with van der Waals surface area (Å²) >= 11 is 3.97. The number of amides is 3. The van der Waals surface area contributed by atoms with E-state index < -0.39 is 35.3 Å². The Labute approximate surface area is 210 Å². The molecular formula is C22H18BrF3N2O6S. The third-order valence-corrected chi connectivity index (χ3v) is 6.23. The van der Waals surface area contributed by atoms with Gasteiger partial charge in [-0.2, -0.15) is 13.2 Å². The monoisotopic (exact) mass is 574 g/mol. The molecule has 1 aliphatic rings. The summed E-state index contributed by atoms with van der Waals surface area (Å²) in [6.45, 7) is -0.697. The molecule has 0 saturated carbocycles. The third kappa shape index (κ3) is 5.90. The summed E-state index contributed by atoms with van der Waals surface area (Å²) in [6, 6.07) is 5.83. The second kappa shape index (κ2) is 10.6. The van der Waals surface area contributed by atoms with E-state index in [0.717, 1.165) is 12.1 Å². The van der Waals surface area contributed by atoms with E-state index in [2.05, 4.69) is 21.2 Å². The van der Waals surface area contributed by atoms with Crippen LogP contribution < -0.4 is 19.5 Å². The Bertz CT molecular complexity index is 1220. The maximum atomic E-state index is 13.0. The topological polar surface area (TPSA) is 94.2 Å². The van der Waals surface area contributed by atoms with Gasteiger partial charge in [-0.05, 0) is 69.7 Å². The predicted octanol–water partition coefficient (Wildman–Crippen LogP) is 5.17. The van der Waals surface area contributed by atoms with Gasteiger partial charge in [-0.15, -0.1) is 0 Å². The Balaban J connectivity index is 1.79. The standard InChI is InChI=1S/C22H18BrF3N2O6S/c1-32-15-5-4-12(22(24,25)26)9-14(15)27-18(29)10-28-20(30)17(35-21(28)31)8-11-6-13(23)19(34-3)16(7-11)33-2/h4-9H,10H2,1-3H3,(H,27,29)/b17-8-. The molecule has 0 aliphatic carbocycles. The first-order valence-corrected chi connectivity index (χ1v) is 11.3. The summed E-state index contributed by atoms with van der Waals surface area (Å²) in [5.41, 5.74) is -0.716. The minimum absolute atomic E-state index is 0.0144. The smallest absolute Gasteiger partial charge is 0.416 e. The summed E-state index contributed by atoms with van der Waals surface area (Å²) in [5.74, 6) is -0.780. The van der Waals surface area contributed by atoms with E-state index in [0.29, 0.717) is 44.3 Å². The molecule has 0 bridgehead atoms. The number of rotatable bonds is 7. The van der Waals surface area contributed by atoms with Gasteiger partial charge in [-0.3, -0.25) is 19.3 Å². The normalized spacial score (nSPS) is 14.9. The Kier molecular flexibility index (Phi) is 8.00. The number of benzene rings is 2. The number of methoxy groups -OCH3 is 3. The number of imide groups is 1. The van der Waals surface area contributed by atoms with Crippen LogP contribution in [0.25, 0.3) is 6.08 Å². The van der Waals surface area contributed by atoms with Gasteiger partial charge >= 0.3 is 6.18 Å². The van der Waals surface area contributed by atoms with Crippen molar-refractivity contribution in [2.45, 2.75) is 6.18 Å². The van der Waals surface area contributed by atoms with Crippen LogP contribution in [0.2, 0.25) is 0 Å². The molecule has 1 fully saturated rings. The molecule has 0 unspecified atom stereocenters. The lowest BCUT2D eigenvalue weighted by atomic mass is 10.1. The SMILES string of the molecule is COc1ccc(C(F)(F)F)cc1NC(=O)CN1C(=O)S/C(=C\c2cc(Br)c(OC)c(OC)c2)C1=O. The maximum Gasteiger partial charge on any atom is 0.416 e. The van der Waals surface area contributed by atoms with Crippen LogP contribution >= 0.6 is 27.7 Å². The second-order valence-corrected chi connectivity index (χ2v) is 8.81. The van der Waals surface area contributed by atoms with E-state index in [9.17, 15) is 27.6 Å². The second-order valence-electron chi connectivity index (χ2n) is 6.97. The van der Waals surface area contributed by atoms with E-state index in [4.69, 9.17) is 14.2 Å². The first-order chi connectivity index (χ1) is 16.5. The minimum Gasteiger partial charge on any atom is -0.495 e. The van der Waals surface area contributed by atoms with Gasteiger partial charge in [0, 0.05) is 0 Å². The van der Waals surface area contributed by atoms with Crippen molar-refractivity contribution in [3.63, 3.8) is 0 Å². The summed E-state index contributed by atoms with van der Waals surface area (Å²) in [5, 5.41) is 1.56. The van der Waals surface area contributed by atoms with Gasteiger partial charge in [0.1, 0.15) is 12.3 Å². The molecule has 0 spiro atoms. The predicted molar refractivity (Wildman–Crippen MR) is 127 cm³/mol. The molecule has 2 aromatic carbocycles. The third-order valence-electron chi connectivity index (χ3n) is 4.73. The molecule has 2 aromatic rings. The summed E-state index contributed by atoms with van der Waals surface area (Å²) in [7, 11) is 4.14. The van der Waals surface area contributed by atoms with Gasteiger partial charge in [-0.1, -0.05) is 0 Å². The van der Waals surface area contributed by atoms with Gasteiger partial charge in [0.15, 0.2) is 11.5 Å². The van der Waals surface area contributed by atoms with E-state index in [-0.39, 0.29) is 16.3 Å². The number of ether oxygens (including phenoxy) is 3. The highest BCUT2D eigenvalue weighted by molar-refractivity contribution is 9.10. The molecule has 186 valence electrons. The highest BCUT2D eigenvalue weighted by atomic mass is 79.9. The number of nitrogens with zero attached hydrogens (tertiary/aromatic N) is 1. The van der Waals surface area contributed by atoms with Crippen molar-refractivity contribution in [2.75, 3.05) is 33.2 Å². The van der Waals surface area contributed by atoms with Crippen LogP contribution in [0.5, 0.6) is 17.2 Å². The Hall–Kier alpha value is -3.19. The molecule has 1 aliphatic heterocycles. The molecule has 3 amide bonds. The van der Waals surface area contributed by atoms with Gasteiger partial charge in [0.25, 0.3) is 11.1 Å². The minimum atomic E-state index is -4.64. The molecule has 0 aromatic heterocycles. The zero-order valence-corrected chi connectivity index (χ0v) is 20.9. The number of hydrogen-bond donors (Lipinski definition) is 1. The Morgan fingerprint density at radius 2 is 1.77 bits per heavy atom. The Morgan fingerprint density at radius 1 is 1.09 bits per heavy atom. The summed E-state index contributed by atoms with van der Waals surface area (Å²) < 4.78 is 55.1. The average molecular weight is 575 g/mol. The molecule has 13 heteroatoms. The zero-order valence-electron chi connectivity index (χ0n) is 18.5. The van der Waals surface area contributed by atoms with Crippen LogP contribution in [-0.2, 0) is 15.8 Å². The lowest BCUT2D eigenvalue weighted by Gasteiger charge is -2.16. The van der Waals surface area contributed by atoms with Crippen molar-refractivity contribution in [1.29, 1.82) is 0 Å². The fourth-order valence-corrected chi connectivity index (χ4v) is 4.58. The van der Waals surface area contributed by atoms with Crippen LogP contribution in [0.15, 0.2) is 39.7 Å². The number of nitrogens with one attached hydrogen (secondary N) is 1. The van der Waals surface area contributed by atoms with Gasteiger partial charge in [-0.25, -0.2) is 0 Å². The number of hydrogen-bond acceptors (Lipinski definition) is 7. The van der Waals surface area contributed by atoms with E-state index in [1.807, 2.05) is 0 Å². The molecule has 8 nitrogen and oxygen atoms in total. The number of halogens is 4. The molecule has 0 atom stereocenters. The molecule has 3 rings (SSSR count). The van der Waals surface area contributed by atoms with Crippen LogP contribution in [-0.4, -0.2) is 49.8 Å². The van der Waals surface area contributed by atoms with Crippen molar-refractivity contribution in [3.8, 4) is 17.2 Å². The van der Waals surface area contributed by atoms with Crippen molar-refractivity contribution in [1.82, 2.24) is 4.90 Å². The number of alkyl halides is 3. The highest BCUT2D eigenvalue weighted by Gasteiger charge is 2.37. The lowest BCUT2D eigenvalue weighted by Crippen LogP contribution is -2.36. The molecule has 1 saturated heterocycles. The van der Waals surface area contributed by atoms with Crippen molar-refractivity contribution < 1.29 is 41.8 Å². The number of anilines is 1.